The van der Waals surface area contributed by atoms with Gasteiger partial charge in [0.05, 0.1) is 0 Å². The summed E-state index contributed by atoms with van der Waals surface area (Å²) in [6.07, 6.45) is 3.27. The Labute approximate surface area is 59.0 Å². The molecule has 0 aliphatic rings. The van der Waals surface area contributed by atoms with Gasteiger partial charge in [-0.1, -0.05) is 33.8 Å². The molecule has 0 aliphatic carbocycles. The first-order valence-corrected chi connectivity index (χ1v) is 3.61. The first kappa shape index (κ1) is 8.74. The van der Waals surface area contributed by atoms with Gasteiger partial charge >= 0.3 is 0 Å². The molecule has 0 spiro atoms. The molecule has 0 aliphatic heterocycles. The van der Waals surface area contributed by atoms with Crippen molar-refractivity contribution in [1.82, 2.24) is 0 Å². The maximum atomic E-state index is 3.79. The Kier molecular flexibility index (Phi) is 2.96. The third-order valence-corrected chi connectivity index (χ3v) is 1.49. The Morgan fingerprint density at radius 1 is 1.44 bits per heavy atom. The maximum Gasteiger partial charge on any atom is -0.0175 e. The van der Waals surface area contributed by atoms with Crippen LogP contribution in [0.4, 0.5) is 0 Å². The van der Waals surface area contributed by atoms with E-state index in [0.29, 0.717) is 5.41 Å². The largest absolute Gasteiger partial charge is 0.103 e. The van der Waals surface area contributed by atoms with Gasteiger partial charge in [-0.3, -0.25) is 0 Å². The van der Waals surface area contributed by atoms with Crippen molar-refractivity contribution in [1.29, 1.82) is 0 Å². The van der Waals surface area contributed by atoms with E-state index in [9.17, 15) is 0 Å². The fourth-order valence-electron chi connectivity index (χ4n) is 1.14. The molecular formula is C9H18. The van der Waals surface area contributed by atoms with E-state index in [1.165, 1.54) is 6.42 Å². The van der Waals surface area contributed by atoms with Crippen molar-refractivity contribution >= 4 is 0 Å². The van der Waals surface area contributed by atoms with Crippen LogP contribution >= 0.6 is 0 Å². The van der Waals surface area contributed by atoms with E-state index in [2.05, 4.69) is 34.3 Å². The van der Waals surface area contributed by atoms with Crippen LogP contribution in [0.2, 0.25) is 0 Å². The van der Waals surface area contributed by atoms with Crippen molar-refractivity contribution < 1.29 is 0 Å². The van der Waals surface area contributed by atoms with Crippen LogP contribution in [-0.4, -0.2) is 0 Å². The Morgan fingerprint density at radius 2 is 1.89 bits per heavy atom. The van der Waals surface area contributed by atoms with Crippen LogP contribution in [0, 0.1) is 11.3 Å². The van der Waals surface area contributed by atoms with Crippen molar-refractivity contribution in [2.75, 3.05) is 0 Å². The summed E-state index contributed by atoms with van der Waals surface area (Å²) in [5.41, 5.74) is 0.328. The molecule has 0 bridgehead atoms. The molecule has 0 aromatic carbocycles. The number of allylic oxidation sites excluding steroid dienone is 1. The molecule has 0 unspecified atom stereocenters. The first-order chi connectivity index (χ1) is 3.98. The molecule has 0 N–H and O–H groups in total. The summed E-state index contributed by atoms with van der Waals surface area (Å²) in [6, 6.07) is 0. The highest BCUT2D eigenvalue weighted by Crippen LogP contribution is 2.25. The van der Waals surface area contributed by atoms with Gasteiger partial charge in [0.2, 0.25) is 0 Å². The molecule has 0 radical (unpaired) electrons. The zero-order valence-corrected chi connectivity index (χ0v) is 7.07. The molecule has 0 nitrogen and oxygen atoms in total. The van der Waals surface area contributed by atoms with E-state index >= 15 is 0 Å². The highest BCUT2D eigenvalue weighted by Gasteiger charge is 2.13. The lowest BCUT2D eigenvalue weighted by Gasteiger charge is -2.21. The SMILES string of the molecule is C=CC(C)(C)CC(C)C. The van der Waals surface area contributed by atoms with Crippen LogP contribution in [0.3, 0.4) is 0 Å². The fourth-order valence-corrected chi connectivity index (χ4v) is 1.14. The van der Waals surface area contributed by atoms with Crippen molar-refractivity contribution in [2.45, 2.75) is 34.1 Å². The molecule has 0 saturated heterocycles. The molecule has 0 atom stereocenters. The molecule has 0 aromatic rings. The van der Waals surface area contributed by atoms with Crippen LogP contribution in [0.15, 0.2) is 12.7 Å². The minimum Gasteiger partial charge on any atom is -0.103 e. The molecule has 0 heteroatoms. The van der Waals surface area contributed by atoms with Gasteiger partial charge in [0, 0.05) is 0 Å². The van der Waals surface area contributed by atoms with Crippen molar-refractivity contribution in [3.05, 3.63) is 12.7 Å². The molecule has 0 amide bonds. The Bertz CT molecular complexity index is 88.2. The summed E-state index contributed by atoms with van der Waals surface area (Å²) in [4.78, 5) is 0. The van der Waals surface area contributed by atoms with Gasteiger partial charge in [-0.2, -0.15) is 0 Å². The van der Waals surface area contributed by atoms with E-state index < -0.39 is 0 Å². The summed E-state index contributed by atoms with van der Waals surface area (Å²) >= 11 is 0. The van der Waals surface area contributed by atoms with Gasteiger partial charge in [-0.25, -0.2) is 0 Å². The standard InChI is InChI=1S/C9H18/c1-6-9(4,5)7-8(2)3/h6,8H,1,7H2,2-5H3. The van der Waals surface area contributed by atoms with Crippen LogP contribution in [0.1, 0.15) is 34.1 Å². The third kappa shape index (κ3) is 4.26. The average Bonchev–Trinajstić information content (AvgIpc) is 1.63. The Balaban J connectivity index is 3.71. The zero-order valence-electron chi connectivity index (χ0n) is 7.07. The van der Waals surface area contributed by atoms with Crippen LogP contribution in [0.25, 0.3) is 0 Å². The highest BCUT2D eigenvalue weighted by atomic mass is 14.2. The molecule has 0 rings (SSSR count). The average molecular weight is 126 g/mol. The fraction of sp³-hybridized carbons (Fsp3) is 0.778. The molecule has 9 heavy (non-hydrogen) atoms. The van der Waals surface area contributed by atoms with Gasteiger partial charge in [0.15, 0.2) is 0 Å². The second kappa shape index (κ2) is 3.05. The molecular weight excluding hydrogens is 108 g/mol. The molecule has 0 heterocycles. The van der Waals surface area contributed by atoms with E-state index in [1.807, 2.05) is 6.08 Å². The third-order valence-electron chi connectivity index (χ3n) is 1.49. The van der Waals surface area contributed by atoms with Gasteiger partial charge in [-0.15, -0.1) is 6.58 Å². The highest BCUT2D eigenvalue weighted by molar-refractivity contribution is 4.87. The van der Waals surface area contributed by atoms with E-state index in [1.54, 1.807) is 0 Å². The quantitative estimate of drug-likeness (QED) is 0.509. The number of hydrogen-bond donors (Lipinski definition) is 0. The van der Waals surface area contributed by atoms with Crippen LogP contribution in [0.5, 0.6) is 0 Å². The van der Waals surface area contributed by atoms with Crippen molar-refractivity contribution in [2.24, 2.45) is 11.3 Å². The predicted octanol–water partition coefficient (Wildman–Crippen LogP) is 3.24. The summed E-state index contributed by atoms with van der Waals surface area (Å²) in [5.74, 6) is 0.776. The van der Waals surface area contributed by atoms with Crippen LogP contribution < -0.4 is 0 Å². The lowest BCUT2D eigenvalue weighted by molar-refractivity contribution is 0.367. The molecule has 54 valence electrons. The Hall–Kier alpha value is -0.260. The number of hydrogen-bond acceptors (Lipinski definition) is 0. The topological polar surface area (TPSA) is 0 Å². The van der Waals surface area contributed by atoms with Gasteiger partial charge < -0.3 is 0 Å². The first-order valence-electron chi connectivity index (χ1n) is 3.61. The van der Waals surface area contributed by atoms with Gasteiger partial charge in [-0.05, 0) is 17.8 Å². The van der Waals surface area contributed by atoms with E-state index in [0.717, 1.165) is 5.92 Å². The van der Waals surface area contributed by atoms with Crippen LogP contribution in [-0.2, 0) is 0 Å². The monoisotopic (exact) mass is 126 g/mol. The summed E-state index contributed by atoms with van der Waals surface area (Å²) in [6.45, 7) is 12.7. The van der Waals surface area contributed by atoms with Gasteiger partial charge in [0.25, 0.3) is 0 Å². The smallest absolute Gasteiger partial charge is 0.0175 e. The molecule has 0 fully saturated rings. The lowest BCUT2D eigenvalue weighted by Crippen LogP contribution is -2.09. The lowest BCUT2D eigenvalue weighted by atomic mass is 9.84. The van der Waals surface area contributed by atoms with Crippen molar-refractivity contribution in [3.8, 4) is 0 Å². The molecule has 0 aromatic heterocycles. The second-order valence-corrected chi connectivity index (χ2v) is 3.79. The van der Waals surface area contributed by atoms with Crippen molar-refractivity contribution in [3.63, 3.8) is 0 Å². The summed E-state index contributed by atoms with van der Waals surface area (Å²) in [5, 5.41) is 0. The summed E-state index contributed by atoms with van der Waals surface area (Å²) in [7, 11) is 0. The second-order valence-electron chi connectivity index (χ2n) is 3.79. The van der Waals surface area contributed by atoms with Gasteiger partial charge in [0.1, 0.15) is 0 Å². The minimum absolute atomic E-state index is 0.328. The normalized spacial score (nSPS) is 12.1. The maximum absolute atomic E-state index is 3.79. The molecule has 0 saturated carbocycles. The number of rotatable bonds is 3. The Morgan fingerprint density at radius 3 is 2.00 bits per heavy atom. The van der Waals surface area contributed by atoms with E-state index in [4.69, 9.17) is 0 Å². The zero-order chi connectivity index (χ0) is 7.49. The van der Waals surface area contributed by atoms with E-state index in [-0.39, 0.29) is 0 Å². The summed E-state index contributed by atoms with van der Waals surface area (Å²) < 4.78 is 0. The minimum atomic E-state index is 0.328. The predicted molar refractivity (Wildman–Crippen MR) is 43.4 cm³/mol.